The van der Waals surface area contributed by atoms with Crippen molar-refractivity contribution >= 4 is 5.95 Å². The van der Waals surface area contributed by atoms with Crippen LogP contribution in [0.15, 0.2) is 12.3 Å². The minimum absolute atomic E-state index is 0.0221. The van der Waals surface area contributed by atoms with Crippen LogP contribution in [-0.2, 0) is 4.74 Å². The van der Waals surface area contributed by atoms with Gasteiger partial charge in [0.25, 0.3) is 6.43 Å². The number of anilines is 1. The zero-order valence-corrected chi connectivity index (χ0v) is 10.4. The Hall–Kier alpha value is -1.42. The fraction of sp³-hybridized carbons (Fsp3) is 0.636. The van der Waals surface area contributed by atoms with E-state index in [0.29, 0.717) is 0 Å². The highest BCUT2D eigenvalue weighted by atomic mass is 19.3. The van der Waals surface area contributed by atoms with E-state index in [-0.39, 0.29) is 12.6 Å². The van der Waals surface area contributed by atoms with Crippen LogP contribution in [0.4, 0.5) is 14.7 Å². The van der Waals surface area contributed by atoms with Gasteiger partial charge in [0.05, 0.1) is 19.3 Å². The molecule has 2 heterocycles. The normalized spacial score (nSPS) is 30.5. The molecule has 0 bridgehead atoms. The number of alkyl halides is 2. The standard InChI is InChI=1S/C11H15F2N3O4/c12-10(13)5-1-2-14-11(15-5)16-6-4-20-7(3-17)9(19)8(6)18/h1-2,6-10,17-19H,3-4H2,(H,14,15,16)/t6-,7+,8+,9-/m0/s1. The van der Waals surface area contributed by atoms with E-state index in [4.69, 9.17) is 9.84 Å². The highest BCUT2D eigenvalue weighted by Gasteiger charge is 2.38. The van der Waals surface area contributed by atoms with Crippen LogP contribution < -0.4 is 5.32 Å². The molecule has 1 aliphatic heterocycles. The summed E-state index contributed by atoms with van der Waals surface area (Å²) in [5, 5.41) is 31.1. The van der Waals surface area contributed by atoms with E-state index in [9.17, 15) is 19.0 Å². The van der Waals surface area contributed by atoms with E-state index in [1.54, 1.807) is 0 Å². The second kappa shape index (κ2) is 6.35. The van der Waals surface area contributed by atoms with Crippen molar-refractivity contribution in [1.29, 1.82) is 0 Å². The molecule has 1 aromatic rings. The number of aliphatic hydroxyl groups excluding tert-OH is 3. The quantitative estimate of drug-likeness (QED) is 0.581. The molecule has 0 amide bonds. The van der Waals surface area contributed by atoms with E-state index < -0.39 is 43.1 Å². The maximum Gasteiger partial charge on any atom is 0.280 e. The van der Waals surface area contributed by atoms with Crippen LogP contribution in [0.2, 0.25) is 0 Å². The Morgan fingerprint density at radius 1 is 1.40 bits per heavy atom. The molecule has 7 nitrogen and oxygen atoms in total. The van der Waals surface area contributed by atoms with Gasteiger partial charge < -0.3 is 25.4 Å². The van der Waals surface area contributed by atoms with Crippen molar-refractivity contribution in [2.75, 3.05) is 18.5 Å². The Kier molecular flexibility index (Phi) is 4.76. The fourth-order valence-corrected chi connectivity index (χ4v) is 1.90. The van der Waals surface area contributed by atoms with Gasteiger partial charge in [0.15, 0.2) is 0 Å². The minimum atomic E-state index is -2.73. The molecule has 0 radical (unpaired) electrons. The number of rotatable bonds is 4. The molecule has 0 aromatic carbocycles. The lowest BCUT2D eigenvalue weighted by molar-refractivity contribution is -0.152. The first kappa shape index (κ1) is 15.0. The van der Waals surface area contributed by atoms with Crippen molar-refractivity contribution in [2.24, 2.45) is 0 Å². The van der Waals surface area contributed by atoms with Crippen molar-refractivity contribution in [3.8, 4) is 0 Å². The Balaban J connectivity index is 2.05. The molecule has 0 aliphatic carbocycles. The molecule has 0 saturated carbocycles. The summed E-state index contributed by atoms with van der Waals surface area (Å²) in [4.78, 5) is 7.36. The smallest absolute Gasteiger partial charge is 0.280 e. The van der Waals surface area contributed by atoms with Crippen LogP contribution >= 0.6 is 0 Å². The Labute approximate surface area is 113 Å². The molecule has 4 atom stereocenters. The summed E-state index contributed by atoms with van der Waals surface area (Å²) in [6, 6.07) is 0.320. The first-order valence-electron chi connectivity index (χ1n) is 5.99. The maximum absolute atomic E-state index is 12.5. The van der Waals surface area contributed by atoms with Crippen molar-refractivity contribution < 1.29 is 28.8 Å². The predicted octanol–water partition coefficient (Wildman–Crippen LogP) is -0.692. The molecule has 112 valence electrons. The third-order valence-corrected chi connectivity index (χ3v) is 3.03. The van der Waals surface area contributed by atoms with Crippen LogP contribution in [0.3, 0.4) is 0 Å². The number of ether oxygens (including phenoxy) is 1. The molecule has 1 fully saturated rings. The zero-order valence-electron chi connectivity index (χ0n) is 10.4. The third kappa shape index (κ3) is 3.18. The summed E-state index contributed by atoms with van der Waals surface area (Å²) in [7, 11) is 0. The summed E-state index contributed by atoms with van der Waals surface area (Å²) in [6.07, 6.45) is -4.96. The molecule has 1 saturated heterocycles. The molecule has 1 aromatic heterocycles. The Morgan fingerprint density at radius 3 is 2.80 bits per heavy atom. The second-order valence-corrected chi connectivity index (χ2v) is 4.39. The van der Waals surface area contributed by atoms with Crippen LogP contribution in [0.5, 0.6) is 0 Å². The topological polar surface area (TPSA) is 108 Å². The number of hydrogen-bond acceptors (Lipinski definition) is 7. The van der Waals surface area contributed by atoms with Crippen molar-refractivity contribution in [1.82, 2.24) is 9.97 Å². The minimum Gasteiger partial charge on any atom is -0.394 e. The van der Waals surface area contributed by atoms with Gasteiger partial charge in [0.1, 0.15) is 24.0 Å². The highest BCUT2D eigenvalue weighted by Crippen LogP contribution is 2.20. The predicted molar refractivity (Wildman–Crippen MR) is 63.2 cm³/mol. The second-order valence-electron chi connectivity index (χ2n) is 4.39. The highest BCUT2D eigenvalue weighted by molar-refractivity contribution is 5.28. The van der Waals surface area contributed by atoms with E-state index in [1.165, 1.54) is 6.20 Å². The maximum atomic E-state index is 12.5. The summed E-state index contributed by atoms with van der Waals surface area (Å²) < 4.78 is 30.1. The summed E-state index contributed by atoms with van der Waals surface area (Å²) in [5.41, 5.74) is -0.442. The molecule has 0 unspecified atom stereocenters. The molecule has 0 spiro atoms. The van der Waals surface area contributed by atoms with Gasteiger partial charge in [-0.25, -0.2) is 18.7 Å². The molecule has 2 rings (SSSR count). The third-order valence-electron chi connectivity index (χ3n) is 3.03. The van der Waals surface area contributed by atoms with Gasteiger partial charge in [0, 0.05) is 6.20 Å². The van der Waals surface area contributed by atoms with Crippen molar-refractivity contribution in [3.63, 3.8) is 0 Å². The van der Waals surface area contributed by atoms with Gasteiger partial charge >= 0.3 is 0 Å². The number of aliphatic hydroxyl groups is 3. The molecule has 4 N–H and O–H groups in total. The lowest BCUT2D eigenvalue weighted by Gasteiger charge is -2.37. The molecule has 20 heavy (non-hydrogen) atoms. The van der Waals surface area contributed by atoms with Gasteiger partial charge in [-0.3, -0.25) is 0 Å². The monoisotopic (exact) mass is 291 g/mol. The lowest BCUT2D eigenvalue weighted by atomic mass is 9.98. The van der Waals surface area contributed by atoms with E-state index in [0.717, 1.165) is 6.07 Å². The Morgan fingerprint density at radius 2 is 2.15 bits per heavy atom. The molecular formula is C11H15F2N3O4. The van der Waals surface area contributed by atoms with Crippen LogP contribution in [0.25, 0.3) is 0 Å². The first-order chi connectivity index (χ1) is 9.52. The number of nitrogens with one attached hydrogen (secondary N) is 1. The molecule has 9 heteroatoms. The first-order valence-corrected chi connectivity index (χ1v) is 5.99. The molecule has 1 aliphatic rings. The van der Waals surface area contributed by atoms with Crippen LogP contribution in [0.1, 0.15) is 12.1 Å². The lowest BCUT2D eigenvalue weighted by Crippen LogP contribution is -2.56. The average Bonchev–Trinajstić information content (AvgIpc) is 2.44. The number of aromatic nitrogens is 2. The van der Waals surface area contributed by atoms with Crippen LogP contribution in [0, 0.1) is 0 Å². The van der Waals surface area contributed by atoms with Gasteiger partial charge in [0.2, 0.25) is 5.95 Å². The largest absolute Gasteiger partial charge is 0.394 e. The summed E-state index contributed by atoms with van der Waals surface area (Å²) in [6.45, 7) is -0.450. The van der Waals surface area contributed by atoms with Crippen molar-refractivity contribution in [3.05, 3.63) is 18.0 Å². The molecular weight excluding hydrogens is 276 g/mol. The SMILES string of the molecule is OC[C@H]1OC[C@H](Nc2nccc(C(F)F)n2)[C@@H](O)[C@H]1O. The van der Waals surface area contributed by atoms with Crippen molar-refractivity contribution in [2.45, 2.75) is 30.8 Å². The van der Waals surface area contributed by atoms with Gasteiger partial charge in [-0.15, -0.1) is 0 Å². The van der Waals surface area contributed by atoms with Gasteiger partial charge in [-0.05, 0) is 6.07 Å². The number of hydrogen-bond donors (Lipinski definition) is 4. The van der Waals surface area contributed by atoms with E-state index >= 15 is 0 Å². The van der Waals surface area contributed by atoms with Gasteiger partial charge in [-0.1, -0.05) is 0 Å². The summed E-state index contributed by atoms with van der Waals surface area (Å²) in [5.74, 6) is -0.0925. The number of halogens is 2. The van der Waals surface area contributed by atoms with E-state index in [2.05, 4.69) is 15.3 Å². The number of nitrogens with zero attached hydrogens (tertiary/aromatic N) is 2. The Bertz CT molecular complexity index is 451. The zero-order chi connectivity index (χ0) is 14.7. The van der Waals surface area contributed by atoms with Gasteiger partial charge in [-0.2, -0.15) is 0 Å². The average molecular weight is 291 g/mol. The van der Waals surface area contributed by atoms with Crippen LogP contribution in [-0.4, -0.2) is 62.9 Å². The summed E-state index contributed by atoms with van der Waals surface area (Å²) >= 11 is 0. The fourth-order valence-electron chi connectivity index (χ4n) is 1.90. The van der Waals surface area contributed by atoms with E-state index in [1.807, 2.05) is 0 Å².